The van der Waals surface area contributed by atoms with Crippen LogP contribution in [0.2, 0.25) is 0 Å². The lowest BCUT2D eigenvalue weighted by Gasteiger charge is -2.10. The Labute approximate surface area is 124 Å². The maximum Gasteiger partial charge on any atom is 0.157 e. The van der Waals surface area contributed by atoms with Crippen molar-refractivity contribution in [2.24, 2.45) is 0 Å². The highest BCUT2D eigenvalue weighted by atomic mass is 19.1. The summed E-state index contributed by atoms with van der Waals surface area (Å²) in [6, 6.07) is 6.75. The molecule has 2 rings (SSSR count). The molecule has 0 aliphatic heterocycles. The molecular weight excluding hydrogens is 269 g/mol. The Kier molecular flexibility index (Phi) is 5.22. The Morgan fingerprint density at radius 2 is 2.00 bits per heavy atom. The number of hydrogen-bond donors (Lipinski definition) is 1. The lowest BCUT2D eigenvalue weighted by atomic mass is 10.1. The Morgan fingerprint density at radius 1 is 1.19 bits per heavy atom. The van der Waals surface area contributed by atoms with Crippen molar-refractivity contribution in [2.45, 2.75) is 27.4 Å². The third-order valence-corrected chi connectivity index (χ3v) is 2.96. The standard InChI is InChI=1S/C16H20FN3O/c1-4-18-15-9-14(19-16(20-15)10-21-5-2)12-8-11(3)6-7-13(12)17/h6-9H,4-5,10H2,1-3H3,(H,18,19,20). The van der Waals surface area contributed by atoms with E-state index in [0.717, 1.165) is 12.1 Å². The largest absolute Gasteiger partial charge is 0.374 e. The minimum atomic E-state index is -0.288. The zero-order valence-corrected chi connectivity index (χ0v) is 12.6. The smallest absolute Gasteiger partial charge is 0.157 e. The molecule has 1 heterocycles. The van der Waals surface area contributed by atoms with Crippen LogP contribution in [0.4, 0.5) is 10.2 Å². The topological polar surface area (TPSA) is 47.0 Å². The van der Waals surface area contributed by atoms with Crippen LogP contribution in [0, 0.1) is 12.7 Å². The van der Waals surface area contributed by atoms with Gasteiger partial charge in [-0.15, -0.1) is 0 Å². The van der Waals surface area contributed by atoms with Crippen molar-refractivity contribution in [3.8, 4) is 11.3 Å². The number of rotatable bonds is 6. The molecule has 0 radical (unpaired) electrons. The molecule has 112 valence electrons. The number of aryl methyl sites for hydroxylation is 1. The van der Waals surface area contributed by atoms with E-state index in [0.29, 0.717) is 36.1 Å². The highest BCUT2D eigenvalue weighted by Crippen LogP contribution is 2.24. The van der Waals surface area contributed by atoms with E-state index < -0.39 is 0 Å². The molecule has 0 atom stereocenters. The number of aromatic nitrogens is 2. The molecule has 1 N–H and O–H groups in total. The number of ether oxygens (including phenoxy) is 1. The van der Waals surface area contributed by atoms with E-state index in [-0.39, 0.29) is 5.82 Å². The summed E-state index contributed by atoms with van der Waals surface area (Å²) in [5.74, 6) is 0.938. The van der Waals surface area contributed by atoms with Crippen molar-refractivity contribution in [1.82, 2.24) is 9.97 Å². The summed E-state index contributed by atoms with van der Waals surface area (Å²) in [5, 5.41) is 3.14. The fourth-order valence-corrected chi connectivity index (χ4v) is 2.00. The van der Waals surface area contributed by atoms with Crippen molar-refractivity contribution in [3.05, 3.63) is 41.5 Å². The Morgan fingerprint density at radius 3 is 2.71 bits per heavy atom. The molecule has 0 unspecified atom stereocenters. The van der Waals surface area contributed by atoms with Gasteiger partial charge in [-0.1, -0.05) is 11.6 Å². The monoisotopic (exact) mass is 289 g/mol. The van der Waals surface area contributed by atoms with Crippen LogP contribution in [0.5, 0.6) is 0 Å². The number of nitrogens with one attached hydrogen (secondary N) is 1. The van der Waals surface area contributed by atoms with Crippen LogP contribution in [-0.4, -0.2) is 23.1 Å². The van der Waals surface area contributed by atoms with Gasteiger partial charge in [-0.2, -0.15) is 0 Å². The molecule has 1 aromatic carbocycles. The highest BCUT2D eigenvalue weighted by molar-refractivity contribution is 5.64. The van der Waals surface area contributed by atoms with Crippen LogP contribution >= 0.6 is 0 Å². The van der Waals surface area contributed by atoms with Crippen molar-refractivity contribution in [3.63, 3.8) is 0 Å². The predicted octanol–water partition coefficient (Wildman–Crippen LogP) is 3.56. The second-order valence-electron chi connectivity index (χ2n) is 4.71. The summed E-state index contributed by atoms with van der Waals surface area (Å²) in [4.78, 5) is 8.78. The summed E-state index contributed by atoms with van der Waals surface area (Å²) < 4.78 is 19.4. The van der Waals surface area contributed by atoms with Crippen LogP contribution in [0.3, 0.4) is 0 Å². The normalized spacial score (nSPS) is 10.7. The first-order valence-corrected chi connectivity index (χ1v) is 7.10. The van der Waals surface area contributed by atoms with Gasteiger partial charge in [0.1, 0.15) is 18.2 Å². The number of hydrogen-bond acceptors (Lipinski definition) is 4. The van der Waals surface area contributed by atoms with E-state index in [9.17, 15) is 4.39 Å². The average molecular weight is 289 g/mol. The minimum Gasteiger partial charge on any atom is -0.374 e. The number of halogens is 1. The lowest BCUT2D eigenvalue weighted by molar-refractivity contribution is 0.128. The molecule has 0 amide bonds. The van der Waals surface area contributed by atoms with Gasteiger partial charge in [-0.3, -0.25) is 0 Å². The van der Waals surface area contributed by atoms with Gasteiger partial charge in [-0.05, 0) is 32.9 Å². The van der Waals surface area contributed by atoms with Crippen molar-refractivity contribution in [2.75, 3.05) is 18.5 Å². The van der Waals surface area contributed by atoms with Crippen LogP contribution in [-0.2, 0) is 11.3 Å². The first kappa shape index (κ1) is 15.4. The number of nitrogens with zero attached hydrogens (tertiary/aromatic N) is 2. The molecule has 0 aliphatic carbocycles. The molecule has 1 aromatic heterocycles. The SMILES string of the molecule is CCNc1cc(-c2cc(C)ccc2F)nc(COCC)n1. The van der Waals surface area contributed by atoms with Crippen molar-refractivity contribution < 1.29 is 9.13 Å². The quantitative estimate of drug-likeness (QED) is 0.883. The molecule has 0 aliphatic rings. The van der Waals surface area contributed by atoms with Gasteiger partial charge < -0.3 is 10.1 Å². The van der Waals surface area contributed by atoms with Gasteiger partial charge in [0.15, 0.2) is 5.82 Å². The number of benzene rings is 1. The van der Waals surface area contributed by atoms with Gasteiger partial charge in [-0.25, -0.2) is 14.4 Å². The molecule has 0 saturated heterocycles. The first-order chi connectivity index (χ1) is 10.1. The molecule has 0 bridgehead atoms. The van der Waals surface area contributed by atoms with Crippen molar-refractivity contribution >= 4 is 5.82 Å². The maximum absolute atomic E-state index is 14.0. The van der Waals surface area contributed by atoms with Crippen LogP contribution in [0.15, 0.2) is 24.3 Å². The van der Waals surface area contributed by atoms with Gasteiger partial charge in [0.2, 0.25) is 0 Å². The lowest BCUT2D eigenvalue weighted by Crippen LogP contribution is -2.06. The molecule has 0 spiro atoms. The van der Waals surface area contributed by atoms with Crippen LogP contribution < -0.4 is 5.32 Å². The fraction of sp³-hybridized carbons (Fsp3) is 0.375. The van der Waals surface area contributed by atoms with Crippen molar-refractivity contribution in [1.29, 1.82) is 0 Å². The predicted molar refractivity (Wildman–Crippen MR) is 81.7 cm³/mol. The molecule has 0 fully saturated rings. The summed E-state index contributed by atoms with van der Waals surface area (Å²) >= 11 is 0. The molecule has 4 nitrogen and oxygen atoms in total. The zero-order chi connectivity index (χ0) is 15.2. The van der Waals surface area contributed by atoms with E-state index in [2.05, 4.69) is 15.3 Å². The van der Waals surface area contributed by atoms with E-state index in [1.807, 2.05) is 20.8 Å². The molecule has 2 aromatic rings. The molecule has 5 heteroatoms. The van der Waals surface area contributed by atoms with Gasteiger partial charge in [0, 0.05) is 24.8 Å². The Bertz CT molecular complexity index is 616. The third-order valence-electron chi connectivity index (χ3n) is 2.96. The second-order valence-corrected chi connectivity index (χ2v) is 4.71. The summed E-state index contributed by atoms with van der Waals surface area (Å²) in [6.45, 7) is 7.46. The molecule has 21 heavy (non-hydrogen) atoms. The van der Waals surface area contributed by atoms with Gasteiger partial charge >= 0.3 is 0 Å². The fourth-order valence-electron chi connectivity index (χ4n) is 2.00. The van der Waals surface area contributed by atoms with E-state index in [1.165, 1.54) is 6.07 Å². The highest BCUT2D eigenvalue weighted by Gasteiger charge is 2.11. The molecule has 0 saturated carbocycles. The Balaban J connectivity index is 2.45. The minimum absolute atomic E-state index is 0.288. The summed E-state index contributed by atoms with van der Waals surface area (Å²) in [7, 11) is 0. The third kappa shape index (κ3) is 3.98. The Hall–Kier alpha value is -2.01. The maximum atomic E-state index is 14.0. The second kappa shape index (κ2) is 7.13. The first-order valence-electron chi connectivity index (χ1n) is 7.10. The number of anilines is 1. The van der Waals surface area contributed by atoms with E-state index in [4.69, 9.17) is 4.74 Å². The van der Waals surface area contributed by atoms with Gasteiger partial charge in [0.05, 0.1) is 5.69 Å². The van der Waals surface area contributed by atoms with E-state index in [1.54, 1.807) is 18.2 Å². The van der Waals surface area contributed by atoms with Gasteiger partial charge in [0.25, 0.3) is 0 Å². The van der Waals surface area contributed by atoms with Crippen LogP contribution in [0.1, 0.15) is 25.2 Å². The zero-order valence-electron chi connectivity index (χ0n) is 12.6. The molecular formula is C16H20FN3O. The van der Waals surface area contributed by atoms with E-state index >= 15 is 0 Å². The average Bonchev–Trinajstić information content (AvgIpc) is 2.48. The summed E-state index contributed by atoms with van der Waals surface area (Å²) in [5.41, 5.74) is 2.03. The summed E-state index contributed by atoms with van der Waals surface area (Å²) in [6.07, 6.45) is 0. The van der Waals surface area contributed by atoms with Crippen LogP contribution in [0.25, 0.3) is 11.3 Å².